The van der Waals surface area contributed by atoms with Gasteiger partial charge < -0.3 is 15.1 Å². The van der Waals surface area contributed by atoms with Crippen LogP contribution in [0.1, 0.15) is 30.2 Å². The molecule has 0 saturated carbocycles. The molecule has 1 aliphatic rings. The number of carbonyl (C=O) groups is 2. The van der Waals surface area contributed by atoms with Crippen LogP contribution in [0.4, 0.5) is 4.79 Å². The molecule has 18 heavy (non-hydrogen) atoms. The van der Waals surface area contributed by atoms with Gasteiger partial charge in [-0.15, -0.1) is 11.3 Å². The van der Waals surface area contributed by atoms with Crippen molar-refractivity contribution >= 4 is 23.4 Å². The highest BCUT2D eigenvalue weighted by atomic mass is 32.1. The van der Waals surface area contributed by atoms with E-state index in [9.17, 15) is 14.7 Å². The van der Waals surface area contributed by atoms with Gasteiger partial charge in [0.2, 0.25) is 0 Å². The average Bonchev–Trinajstić information content (AvgIpc) is 2.63. The highest BCUT2D eigenvalue weighted by Gasteiger charge is 2.54. The van der Waals surface area contributed by atoms with E-state index in [0.29, 0.717) is 0 Å². The van der Waals surface area contributed by atoms with E-state index in [1.54, 1.807) is 0 Å². The van der Waals surface area contributed by atoms with Gasteiger partial charge in [0.05, 0.1) is 0 Å². The summed E-state index contributed by atoms with van der Waals surface area (Å²) in [5.74, 6) is -0.703. The van der Waals surface area contributed by atoms with Gasteiger partial charge in [-0.25, -0.2) is 4.79 Å². The fourth-order valence-corrected chi connectivity index (χ4v) is 3.51. The second kappa shape index (κ2) is 4.28. The zero-order chi connectivity index (χ0) is 13.5. The van der Waals surface area contributed by atoms with E-state index < -0.39 is 17.5 Å². The molecule has 0 bridgehead atoms. The van der Waals surface area contributed by atoms with Crippen LogP contribution in [-0.4, -0.2) is 40.3 Å². The van der Waals surface area contributed by atoms with E-state index in [0.717, 1.165) is 15.3 Å². The third-order valence-corrected chi connectivity index (χ3v) is 4.49. The van der Waals surface area contributed by atoms with Gasteiger partial charge >= 0.3 is 12.1 Å². The lowest BCUT2D eigenvalue weighted by atomic mass is 9.76. The lowest BCUT2D eigenvalue weighted by Gasteiger charge is -2.45. The summed E-state index contributed by atoms with van der Waals surface area (Å²) in [5, 5.41) is 20.2. The molecule has 5 nitrogen and oxygen atoms in total. The molecule has 0 spiro atoms. The van der Waals surface area contributed by atoms with Gasteiger partial charge in [0.25, 0.3) is 0 Å². The number of hydrogen-bond donors (Lipinski definition) is 2. The summed E-state index contributed by atoms with van der Waals surface area (Å²) >= 11 is 1.40. The van der Waals surface area contributed by atoms with Crippen LogP contribution in [0.2, 0.25) is 0 Å². The van der Waals surface area contributed by atoms with E-state index in [1.807, 2.05) is 25.3 Å². The summed E-state index contributed by atoms with van der Waals surface area (Å²) in [6.45, 7) is 4.10. The Kier molecular flexibility index (Phi) is 3.06. The molecule has 0 aromatic carbocycles. The number of rotatable bonds is 3. The molecule has 1 amide bonds. The van der Waals surface area contributed by atoms with Crippen LogP contribution in [0.15, 0.2) is 11.4 Å². The number of nitrogens with zero attached hydrogens (tertiary/aromatic N) is 1. The van der Waals surface area contributed by atoms with Gasteiger partial charge in [-0.05, 0) is 22.9 Å². The lowest BCUT2D eigenvalue weighted by Crippen LogP contribution is -2.64. The summed E-state index contributed by atoms with van der Waals surface area (Å²) in [5.41, 5.74) is -0.0426. The van der Waals surface area contributed by atoms with E-state index in [4.69, 9.17) is 5.11 Å². The number of carboxylic acid groups (broad SMARTS) is 2. The average molecular weight is 269 g/mol. The van der Waals surface area contributed by atoms with Crippen molar-refractivity contribution in [2.24, 2.45) is 0 Å². The van der Waals surface area contributed by atoms with Gasteiger partial charge in [0.15, 0.2) is 0 Å². The molecule has 6 heteroatoms. The monoisotopic (exact) mass is 269 g/mol. The first-order chi connectivity index (χ1) is 8.38. The van der Waals surface area contributed by atoms with Crippen molar-refractivity contribution in [1.29, 1.82) is 0 Å². The third-order valence-electron chi connectivity index (χ3n) is 3.35. The van der Waals surface area contributed by atoms with Gasteiger partial charge in [-0.1, -0.05) is 13.8 Å². The van der Waals surface area contributed by atoms with E-state index in [2.05, 4.69) is 0 Å². The molecule has 1 aliphatic heterocycles. The zero-order valence-electron chi connectivity index (χ0n) is 10.2. The summed E-state index contributed by atoms with van der Waals surface area (Å²) in [6.07, 6.45) is -1.06. The van der Waals surface area contributed by atoms with Gasteiger partial charge in [-0.3, -0.25) is 4.79 Å². The van der Waals surface area contributed by atoms with Crippen LogP contribution in [0, 0.1) is 0 Å². The van der Waals surface area contributed by atoms with Crippen molar-refractivity contribution in [1.82, 2.24) is 4.90 Å². The van der Waals surface area contributed by atoms with Crippen LogP contribution < -0.4 is 0 Å². The smallest absolute Gasteiger partial charge is 0.407 e. The summed E-state index contributed by atoms with van der Waals surface area (Å²) < 4.78 is 0. The highest BCUT2D eigenvalue weighted by Crippen LogP contribution is 2.42. The molecule has 1 aromatic rings. The summed E-state index contributed by atoms with van der Waals surface area (Å²) in [6, 6.07) is 1.93. The molecule has 1 fully saturated rings. The quantitative estimate of drug-likeness (QED) is 0.881. The van der Waals surface area contributed by atoms with Crippen molar-refractivity contribution in [2.45, 2.75) is 25.2 Å². The molecule has 0 radical (unpaired) electrons. The Balaban J connectivity index is 2.36. The van der Waals surface area contributed by atoms with E-state index in [1.165, 1.54) is 11.3 Å². The standard InChI is InChI=1S/C12H15NO4S/c1-7(2)8-3-4-18-9(8)12(10(14)15)5-13(6-12)11(16)17/h3-4,7H,5-6H2,1-2H3,(H,14,15)(H,16,17). The number of likely N-dealkylation sites (tertiary alicyclic amines) is 1. The summed E-state index contributed by atoms with van der Waals surface area (Å²) in [7, 11) is 0. The number of hydrogen-bond acceptors (Lipinski definition) is 3. The van der Waals surface area contributed by atoms with E-state index in [-0.39, 0.29) is 19.0 Å². The van der Waals surface area contributed by atoms with Gasteiger partial charge in [-0.2, -0.15) is 0 Å². The first-order valence-electron chi connectivity index (χ1n) is 5.67. The van der Waals surface area contributed by atoms with E-state index >= 15 is 0 Å². The Morgan fingerprint density at radius 2 is 2.00 bits per heavy atom. The van der Waals surface area contributed by atoms with Crippen LogP contribution in [0.5, 0.6) is 0 Å². The van der Waals surface area contributed by atoms with Gasteiger partial charge in [0.1, 0.15) is 5.41 Å². The topological polar surface area (TPSA) is 77.8 Å². The normalized spacial score (nSPS) is 17.6. The lowest BCUT2D eigenvalue weighted by molar-refractivity contribution is -0.149. The fraction of sp³-hybridized carbons (Fsp3) is 0.500. The Hall–Kier alpha value is -1.56. The molecule has 1 aromatic heterocycles. The van der Waals surface area contributed by atoms with Crippen LogP contribution in [0.3, 0.4) is 0 Å². The highest BCUT2D eigenvalue weighted by molar-refractivity contribution is 7.10. The second-order valence-electron chi connectivity index (χ2n) is 4.89. The minimum absolute atomic E-state index is 0.0396. The molecule has 0 atom stereocenters. The largest absolute Gasteiger partial charge is 0.480 e. The van der Waals surface area contributed by atoms with Crippen molar-refractivity contribution in [2.75, 3.05) is 13.1 Å². The van der Waals surface area contributed by atoms with Crippen LogP contribution in [0.25, 0.3) is 0 Å². The molecule has 0 aliphatic carbocycles. The third kappa shape index (κ3) is 1.77. The Bertz CT molecular complexity index is 488. The molecule has 98 valence electrons. The van der Waals surface area contributed by atoms with Crippen LogP contribution in [-0.2, 0) is 10.2 Å². The SMILES string of the molecule is CC(C)c1ccsc1C1(C(=O)O)CN(C(=O)O)C1. The molecule has 2 heterocycles. The Morgan fingerprint density at radius 1 is 1.39 bits per heavy atom. The van der Waals surface area contributed by atoms with Crippen molar-refractivity contribution in [3.05, 3.63) is 21.9 Å². The molecule has 0 unspecified atom stereocenters. The molecule has 2 rings (SSSR count). The first-order valence-corrected chi connectivity index (χ1v) is 6.55. The number of carboxylic acids is 1. The van der Waals surface area contributed by atoms with Crippen molar-refractivity contribution in [3.63, 3.8) is 0 Å². The predicted molar refractivity (Wildman–Crippen MR) is 67.3 cm³/mol. The predicted octanol–water partition coefficient (Wildman–Crippen LogP) is 2.19. The maximum atomic E-state index is 11.5. The Labute approximate surface area is 109 Å². The fourth-order valence-electron chi connectivity index (χ4n) is 2.28. The molecular weight excluding hydrogens is 254 g/mol. The van der Waals surface area contributed by atoms with Crippen LogP contribution >= 0.6 is 11.3 Å². The van der Waals surface area contributed by atoms with Gasteiger partial charge in [0, 0.05) is 18.0 Å². The Morgan fingerprint density at radius 3 is 2.44 bits per heavy atom. The maximum absolute atomic E-state index is 11.5. The number of amides is 1. The molecular formula is C12H15NO4S. The number of thiophene rings is 1. The molecule has 1 saturated heterocycles. The maximum Gasteiger partial charge on any atom is 0.407 e. The van der Waals surface area contributed by atoms with Crippen molar-refractivity contribution < 1.29 is 19.8 Å². The minimum Gasteiger partial charge on any atom is -0.480 e. The first kappa shape index (κ1) is 12.9. The zero-order valence-corrected chi connectivity index (χ0v) is 11.0. The second-order valence-corrected chi connectivity index (χ2v) is 5.80. The minimum atomic E-state index is -1.06. The summed E-state index contributed by atoms with van der Waals surface area (Å²) in [4.78, 5) is 24.3. The molecule has 2 N–H and O–H groups in total. The number of aliphatic carboxylic acids is 1. The van der Waals surface area contributed by atoms with Crippen molar-refractivity contribution in [3.8, 4) is 0 Å².